The van der Waals surface area contributed by atoms with Crippen molar-refractivity contribution in [1.29, 1.82) is 0 Å². The molecule has 0 amide bonds. The minimum Gasteiger partial charge on any atom is -0.462 e. The zero-order valence-corrected chi connectivity index (χ0v) is 42.8. The lowest BCUT2D eigenvalue weighted by atomic mass is 9.41. The van der Waals surface area contributed by atoms with Crippen LogP contribution in [-0.2, 0) is 47.4 Å². The Labute approximate surface area is 425 Å². The molecule has 25 atom stereocenters. The van der Waals surface area contributed by atoms with E-state index in [4.69, 9.17) is 42.6 Å². The number of carbonyl (C=O) groups excluding carboxylic acids is 2. The van der Waals surface area contributed by atoms with Gasteiger partial charge in [0.1, 0.15) is 90.6 Å². The fraction of sp³-hybridized carbons (Fsp3) is 0.846. The number of hydrogen-bond acceptors (Lipinski definition) is 21. The summed E-state index contributed by atoms with van der Waals surface area (Å²) < 4.78 is 52.9. The van der Waals surface area contributed by atoms with Gasteiger partial charge in [0.15, 0.2) is 18.9 Å². The van der Waals surface area contributed by atoms with E-state index in [0.29, 0.717) is 44.1 Å². The summed E-state index contributed by atoms with van der Waals surface area (Å²) in [5, 5.41) is 114. The third-order valence-electron chi connectivity index (χ3n) is 18.3. The highest BCUT2D eigenvalue weighted by molar-refractivity contribution is 5.89. The highest BCUT2D eigenvalue weighted by Gasteiger charge is 2.78. The third-order valence-corrected chi connectivity index (χ3v) is 18.3. The normalized spacial score (nSPS) is 48.2. The van der Waals surface area contributed by atoms with Crippen LogP contribution >= 0.6 is 0 Å². The molecule has 8 rings (SSSR count). The summed E-state index contributed by atoms with van der Waals surface area (Å²) in [5.74, 6) is -1.87. The van der Waals surface area contributed by atoms with E-state index >= 15 is 0 Å². The molecule has 0 bridgehead atoms. The molecule has 4 saturated carbocycles. The van der Waals surface area contributed by atoms with Crippen LogP contribution in [0.15, 0.2) is 30.3 Å². The lowest BCUT2D eigenvalue weighted by Gasteiger charge is -2.67. The largest absolute Gasteiger partial charge is 0.462 e. The first-order chi connectivity index (χ1) is 34.4. The minimum absolute atomic E-state index is 0.0497. The van der Waals surface area contributed by atoms with Crippen LogP contribution in [0.2, 0.25) is 0 Å². The summed E-state index contributed by atoms with van der Waals surface area (Å²) in [6.45, 7) is 9.94. The SMILES string of the molecule is COC1C(O)C(C)OC(OC2C(CO)OC(OCC3OC(O[C@H]4CC[C@@]5(C)[C@@H](CC[C@]6(O)[C@@H]5CC[C@]5(C)[C@@H](C(C)OC(=O)CC(C)C)C[C@@H](OC(=O)c7ccccc7)[C@@]56O)C4)C(O)C(O)C3O)C(O)C2O)C1O. The van der Waals surface area contributed by atoms with Gasteiger partial charge >= 0.3 is 11.9 Å². The molecule has 7 aliphatic rings. The highest BCUT2D eigenvalue weighted by atomic mass is 16.8. The van der Waals surface area contributed by atoms with Crippen molar-refractivity contribution in [3.8, 4) is 0 Å². The van der Waals surface area contributed by atoms with Gasteiger partial charge in [0.2, 0.25) is 0 Å². The molecule has 7 fully saturated rings. The summed E-state index contributed by atoms with van der Waals surface area (Å²) in [5.41, 5.74) is -4.90. The molecular formula is C52H80O21. The molecule has 21 heteroatoms. The van der Waals surface area contributed by atoms with E-state index in [1.165, 1.54) is 14.0 Å². The standard InChI is InChI=1S/C52H80O21/c1-24(2)19-35(54)67-25(3)30-21-34(72-45(62)27-11-9-8-10-12-27)52(64)50(30,6)17-15-33-49(5)16-14-29(20-28(49)13-18-51(33,52)63)69-47-40(59)38(57)37(56)32(71-47)23-66-46-41(60)39(58)43(31(22-53)70-46)73-48-42(61)44(65-7)36(55)26(4)68-48/h8-12,24-26,28-34,36-44,46-48,53,55-61,63-64H,13-23H2,1-7H3/t25?,26?,28-,29-,30+,31?,32?,33+,34+,36?,37?,38?,39?,40?,41?,42?,43?,44?,46?,47?,48?,49-,50+,51-,52+/m0/s1. The molecule has 1 aromatic rings. The second-order valence-corrected chi connectivity index (χ2v) is 22.9. The van der Waals surface area contributed by atoms with Crippen molar-refractivity contribution in [2.45, 2.75) is 221 Å². The lowest BCUT2D eigenvalue weighted by Crippen LogP contribution is -2.76. The number of benzene rings is 1. The Morgan fingerprint density at radius 2 is 1.41 bits per heavy atom. The second kappa shape index (κ2) is 22.1. The summed E-state index contributed by atoms with van der Waals surface area (Å²) in [6.07, 6.45) is -20.9. The Balaban J connectivity index is 0.927. The Hall–Kier alpha value is -2.52. The third kappa shape index (κ3) is 10.2. The molecule has 21 nitrogen and oxygen atoms in total. The quantitative estimate of drug-likeness (QED) is 0.0829. The van der Waals surface area contributed by atoms with Crippen molar-refractivity contribution < 1.29 is 103 Å². The van der Waals surface area contributed by atoms with Crippen molar-refractivity contribution in [3.05, 3.63) is 35.9 Å². The Morgan fingerprint density at radius 3 is 2.08 bits per heavy atom. The van der Waals surface area contributed by atoms with Crippen LogP contribution in [-0.4, -0.2) is 205 Å². The molecule has 0 aromatic heterocycles. The van der Waals surface area contributed by atoms with Gasteiger partial charge in [-0.2, -0.15) is 0 Å². The van der Waals surface area contributed by atoms with E-state index in [1.807, 2.05) is 27.7 Å². The first-order valence-electron chi connectivity index (χ1n) is 26.1. The molecule has 0 radical (unpaired) electrons. The summed E-state index contributed by atoms with van der Waals surface area (Å²) >= 11 is 0. The van der Waals surface area contributed by atoms with Gasteiger partial charge in [-0.15, -0.1) is 0 Å². The molecule has 10 N–H and O–H groups in total. The van der Waals surface area contributed by atoms with E-state index in [2.05, 4.69) is 6.92 Å². The number of aliphatic hydroxyl groups is 10. The summed E-state index contributed by atoms with van der Waals surface area (Å²) in [6, 6.07) is 8.48. The van der Waals surface area contributed by atoms with Crippen LogP contribution in [0.3, 0.4) is 0 Å². The minimum atomic E-state index is -1.93. The maximum absolute atomic E-state index is 13.8. The maximum Gasteiger partial charge on any atom is 0.338 e. The topological polar surface area (TPSA) is 320 Å². The second-order valence-electron chi connectivity index (χ2n) is 22.9. The Bertz CT molecular complexity index is 2030. The van der Waals surface area contributed by atoms with Gasteiger partial charge in [0.05, 0.1) is 31.0 Å². The van der Waals surface area contributed by atoms with Gasteiger partial charge in [0, 0.05) is 24.9 Å². The molecule has 4 aliphatic carbocycles. The lowest BCUT2D eigenvalue weighted by molar-refractivity contribution is -0.364. The van der Waals surface area contributed by atoms with Crippen molar-refractivity contribution in [2.24, 2.45) is 34.5 Å². The van der Waals surface area contributed by atoms with Crippen molar-refractivity contribution >= 4 is 11.9 Å². The molecule has 16 unspecified atom stereocenters. The van der Waals surface area contributed by atoms with Gasteiger partial charge in [-0.25, -0.2) is 4.79 Å². The van der Waals surface area contributed by atoms with Crippen molar-refractivity contribution in [1.82, 2.24) is 0 Å². The van der Waals surface area contributed by atoms with Crippen molar-refractivity contribution in [2.75, 3.05) is 20.3 Å². The van der Waals surface area contributed by atoms with Gasteiger partial charge < -0.3 is 93.7 Å². The van der Waals surface area contributed by atoms with Crippen LogP contribution in [0.1, 0.15) is 110 Å². The van der Waals surface area contributed by atoms with Gasteiger partial charge in [-0.3, -0.25) is 4.79 Å². The molecular weight excluding hydrogens is 961 g/mol. The molecule has 1 aromatic carbocycles. The monoisotopic (exact) mass is 1040 g/mol. The van der Waals surface area contributed by atoms with Gasteiger partial charge in [0.25, 0.3) is 0 Å². The average molecular weight is 1040 g/mol. The number of hydrogen-bond donors (Lipinski definition) is 10. The molecule has 3 saturated heterocycles. The molecule has 0 spiro atoms. The number of carbonyl (C=O) groups is 2. The van der Waals surface area contributed by atoms with Crippen LogP contribution in [0.4, 0.5) is 0 Å². The Morgan fingerprint density at radius 1 is 0.740 bits per heavy atom. The van der Waals surface area contributed by atoms with Crippen LogP contribution in [0.5, 0.6) is 0 Å². The zero-order chi connectivity index (χ0) is 53.1. The number of aliphatic hydroxyl groups excluding tert-OH is 8. The number of fused-ring (bicyclic) bond motifs is 5. The fourth-order valence-electron chi connectivity index (χ4n) is 14.2. The summed E-state index contributed by atoms with van der Waals surface area (Å²) in [4.78, 5) is 26.8. The van der Waals surface area contributed by atoms with Crippen LogP contribution in [0.25, 0.3) is 0 Å². The van der Waals surface area contributed by atoms with Crippen molar-refractivity contribution in [3.63, 3.8) is 0 Å². The van der Waals surface area contributed by atoms with Crippen LogP contribution < -0.4 is 0 Å². The van der Waals surface area contributed by atoms with Gasteiger partial charge in [-0.1, -0.05) is 45.9 Å². The van der Waals surface area contributed by atoms with E-state index in [1.54, 1.807) is 30.3 Å². The zero-order valence-electron chi connectivity index (χ0n) is 42.8. The average Bonchev–Trinajstić information content (AvgIpc) is 3.58. The van der Waals surface area contributed by atoms with E-state index in [9.17, 15) is 60.7 Å². The predicted octanol–water partition coefficient (Wildman–Crippen LogP) is 0.204. The number of methoxy groups -OCH3 is 1. The first-order valence-corrected chi connectivity index (χ1v) is 26.1. The highest BCUT2D eigenvalue weighted by Crippen LogP contribution is 2.71. The molecule has 3 heterocycles. The molecule has 3 aliphatic heterocycles. The number of esters is 2. The van der Waals surface area contributed by atoms with E-state index in [0.717, 1.165) is 0 Å². The fourth-order valence-corrected chi connectivity index (χ4v) is 14.2. The smallest absolute Gasteiger partial charge is 0.338 e. The predicted molar refractivity (Wildman–Crippen MR) is 251 cm³/mol. The van der Waals surface area contributed by atoms with E-state index < -0.39 is 163 Å². The van der Waals surface area contributed by atoms with E-state index in [-0.39, 0.29) is 37.1 Å². The maximum atomic E-state index is 13.8. The first kappa shape index (κ1) is 56.7. The molecule has 414 valence electrons. The summed E-state index contributed by atoms with van der Waals surface area (Å²) in [7, 11) is 1.28. The number of ether oxygens (including phenoxy) is 9. The number of rotatable bonds is 15. The molecule has 73 heavy (non-hydrogen) atoms. The Kier molecular flexibility index (Phi) is 17.1. The van der Waals surface area contributed by atoms with Gasteiger partial charge in [-0.05, 0) is 101 Å². The van der Waals surface area contributed by atoms with Crippen LogP contribution in [0, 0.1) is 34.5 Å².